The van der Waals surface area contributed by atoms with Gasteiger partial charge in [-0.25, -0.2) is 0 Å². The van der Waals surface area contributed by atoms with Crippen LogP contribution in [0, 0.1) is 12.3 Å². The molecule has 15 heavy (non-hydrogen) atoms. The number of nitrogens with one attached hydrogen (secondary N) is 1. The molecule has 0 aromatic heterocycles. The maximum Gasteiger partial charge on any atom is 0.148 e. The van der Waals surface area contributed by atoms with Crippen molar-refractivity contribution in [1.29, 1.82) is 0 Å². The number of hydroxylamine groups is 1. The first-order valence-corrected chi connectivity index (χ1v) is 5.17. The summed E-state index contributed by atoms with van der Waals surface area (Å²) in [5.74, 6) is 3.19. The largest absolute Gasteiger partial charge is 0.481 e. The van der Waals surface area contributed by atoms with Crippen molar-refractivity contribution in [2.24, 2.45) is 0 Å². The Balaban J connectivity index is 2.78. The lowest BCUT2D eigenvalue weighted by Gasteiger charge is -2.10. The monoisotopic (exact) mass is 269 g/mol. The van der Waals surface area contributed by atoms with E-state index in [9.17, 15) is 0 Å². The minimum atomic E-state index is 0.265. The Hall–Kier alpha value is -1.02. The van der Waals surface area contributed by atoms with Crippen LogP contribution in [0.2, 0.25) is 0 Å². The molecule has 0 fully saturated rings. The molecular formula is C11H12BrNO2. The van der Waals surface area contributed by atoms with Crippen molar-refractivity contribution in [3.63, 3.8) is 0 Å². The van der Waals surface area contributed by atoms with Gasteiger partial charge in [0.15, 0.2) is 0 Å². The highest BCUT2D eigenvalue weighted by Gasteiger charge is 2.03. The van der Waals surface area contributed by atoms with Gasteiger partial charge in [-0.2, -0.15) is 5.48 Å². The van der Waals surface area contributed by atoms with E-state index in [4.69, 9.17) is 16.0 Å². The molecule has 4 heteroatoms. The van der Waals surface area contributed by atoms with Crippen LogP contribution in [0.4, 0.5) is 0 Å². The number of benzene rings is 1. The zero-order valence-electron chi connectivity index (χ0n) is 8.42. The maximum absolute atomic E-state index is 5.39. The fourth-order valence-corrected chi connectivity index (χ4v) is 1.50. The standard InChI is InChI=1S/C11H12BrNO2/c1-3-6-15-11-5-4-10(12)7-9(11)8-13-14-2/h1,4-5,7,13H,6,8H2,2H3. The van der Waals surface area contributed by atoms with E-state index in [0.29, 0.717) is 6.54 Å². The Labute approximate surface area is 97.9 Å². The molecular weight excluding hydrogens is 258 g/mol. The third-order valence-electron chi connectivity index (χ3n) is 1.74. The summed E-state index contributed by atoms with van der Waals surface area (Å²) in [4.78, 5) is 4.78. The number of rotatable bonds is 5. The van der Waals surface area contributed by atoms with Crippen molar-refractivity contribution in [1.82, 2.24) is 5.48 Å². The molecule has 0 spiro atoms. The van der Waals surface area contributed by atoms with E-state index in [1.54, 1.807) is 7.11 Å². The zero-order chi connectivity index (χ0) is 11.1. The van der Waals surface area contributed by atoms with Crippen molar-refractivity contribution in [2.75, 3.05) is 13.7 Å². The van der Waals surface area contributed by atoms with Gasteiger partial charge in [0.2, 0.25) is 0 Å². The molecule has 0 aliphatic rings. The molecule has 1 N–H and O–H groups in total. The maximum atomic E-state index is 5.39. The molecule has 1 aromatic carbocycles. The summed E-state index contributed by atoms with van der Waals surface area (Å²) < 4.78 is 6.38. The lowest BCUT2D eigenvalue weighted by atomic mass is 10.2. The quantitative estimate of drug-likeness (QED) is 0.656. The first-order chi connectivity index (χ1) is 7.27. The zero-order valence-corrected chi connectivity index (χ0v) is 10.0. The molecule has 1 rings (SSSR count). The van der Waals surface area contributed by atoms with Crippen LogP contribution in [-0.4, -0.2) is 13.7 Å². The van der Waals surface area contributed by atoms with Crippen LogP contribution < -0.4 is 10.2 Å². The van der Waals surface area contributed by atoms with Gasteiger partial charge in [-0.05, 0) is 18.2 Å². The van der Waals surface area contributed by atoms with E-state index in [1.165, 1.54) is 0 Å². The van der Waals surface area contributed by atoms with Gasteiger partial charge in [-0.3, -0.25) is 0 Å². The summed E-state index contributed by atoms with van der Waals surface area (Å²) in [6.07, 6.45) is 5.13. The minimum absolute atomic E-state index is 0.265. The molecule has 3 nitrogen and oxygen atoms in total. The summed E-state index contributed by atoms with van der Waals surface area (Å²) in [7, 11) is 1.57. The molecule has 80 valence electrons. The molecule has 0 atom stereocenters. The van der Waals surface area contributed by atoms with Crippen molar-refractivity contribution >= 4 is 15.9 Å². The van der Waals surface area contributed by atoms with Crippen molar-refractivity contribution in [2.45, 2.75) is 6.54 Å². The number of hydrogen-bond donors (Lipinski definition) is 1. The number of hydrogen-bond acceptors (Lipinski definition) is 3. The van der Waals surface area contributed by atoms with Gasteiger partial charge in [0.25, 0.3) is 0 Å². The summed E-state index contributed by atoms with van der Waals surface area (Å²) in [6.45, 7) is 0.831. The normalized spacial score (nSPS) is 9.67. The van der Waals surface area contributed by atoms with E-state index in [-0.39, 0.29) is 6.61 Å². The Morgan fingerprint density at radius 2 is 2.33 bits per heavy atom. The Bertz CT molecular complexity index is 360. The lowest BCUT2D eigenvalue weighted by molar-refractivity contribution is 0.0860. The fourth-order valence-electron chi connectivity index (χ4n) is 1.10. The molecule has 0 aliphatic heterocycles. The Kier molecular flexibility index (Phi) is 5.19. The first kappa shape index (κ1) is 12.1. The fraction of sp³-hybridized carbons (Fsp3) is 0.273. The second-order valence-electron chi connectivity index (χ2n) is 2.77. The molecule has 1 aromatic rings. The Morgan fingerprint density at radius 3 is 3.00 bits per heavy atom. The van der Waals surface area contributed by atoms with Crippen molar-refractivity contribution < 1.29 is 9.57 Å². The summed E-state index contributed by atoms with van der Waals surface area (Å²) in [5, 5.41) is 0. The van der Waals surface area contributed by atoms with Crippen LogP contribution >= 0.6 is 15.9 Å². The van der Waals surface area contributed by atoms with Crippen molar-refractivity contribution in [3.05, 3.63) is 28.2 Å². The van der Waals surface area contributed by atoms with Gasteiger partial charge < -0.3 is 9.57 Å². The lowest BCUT2D eigenvalue weighted by Crippen LogP contribution is -2.12. The van der Waals surface area contributed by atoms with E-state index in [2.05, 4.69) is 27.3 Å². The SMILES string of the molecule is C#CCOc1ccc(Br)cc1CNOC. The average Bonchev–Trinajstić information content (AvgIpc) is 2.25. The average molecular weight is 270 g/mol. The second kappa shape index (κ2) is 6.46. The van der Waals surface area contributed by atoms with Gasteiger partial charge in [0, 0.05) is 16.6 Å². The highest BCUT2D eigenvalue weighted by molar-refractivity contribution is 9.10. The van der Waals surface area contributed by atoms with E-state index in [0.717, 1.165) is 15.8 Å². The highest BCUT2D eigenvalue weighted by Crippen LogP contribution is 2.23. The van der Waals surface area contributed by atoms with E-state index >= 15 is 0 Å². The first-order valence-electron chi connectivity index (χ1n) is 4.38. The number of halogens is 1. The second-order valence-corrected chi connectivity index (χ2v) is 3.69. The number of ether oxygens (including phenoxy) is 1. The van der Waals surface area contributed by atoms with Crippen LogP contribution in [-0.2, 0) is 11.4 Å². The third-order valence-corrected chi connectivity index (χ3v) is 2.23. The van der Waals surface area contributed by atoms with Gasteiger partial charge in [-0.1, -0.05) is 21.9 Å². The highest BCUT2D eigenvalue weighted by atomic mass is 79.9. The minimum Gasteiger partial charge on any atom is -0.481 e. The topological polar surface area (TPSA) is 30.5 Å². The summed E-state index contributed by atoms with van der Waals surface area (Å²) >= 11 is 3.39. The molecule has 0 aliphatic carbocycles. The molecule has 0 saturated carbocycles. The van der Waals surface area contributed by atoms with Crippen LogP contribution in [0.5, 0.6) is 5.75 Å². The van der Waals surface area contributed by atoms with Crippen LogP contribution in [0.3, 0.4) is 0 Å². The molecule has 0 radical (unpaired) electrons. The summed E-state index contributed by atoms with van der Waals surface area (Å²) in [6, 6.07) is 5.73. The molecule has 0 saturated heterocycles. The molecule has 0 heterocycles. The molecule has 0 bridgehead atoms. The number of terminal acetylenes is 1. The van der Waals surface area contributed by atoms with E-state index in [1.807, 2.05) is 18.2 Å². The predicted molar refractivity (Wildman–Crippen MR) is 62.3 cm³/mol. The van der Waals surface area contributed by atoms with Gasteiger partial charge in [0.1, 0.15) is 12.4 Å². The van der Waals surface area contributed by atoms with Crippen LogP contribution in [0.1, 0.15) is 5.56 Å². The van der Waals surface area contributed by atoms with Crippen LogP contribution in [0.15, 0.2) is 22.7 Å². The van der Waals surface area contributed by atoms with Gasteiger partial charge in [-0.15, -0.1) is 6.42 Å². The van der Waals surface area contributed by atoms with Gasteiger partial charge >= 0.3 is 0 Å². The molecule has 0 amide bonds. The van der Waals surface area contributed by atoms with Gasteiger partial charge in [0.05, 0.1) is 7.11 Å². The smallest absolute Gasteiger partial charge is 0.148 e. The van der Waals surface area contributed by atoms with Crippen LogP contribution in [0.25, 0.3) is 0 Å². The Morgan fingerprint density at radius 1 is 1.53 bits per heavy atom. The van der Waals surface area contributed by atoms with Crippen molar-refractivity contribution in [3.8, 4) is 18.1 Å². The molecule has 0 unspecified atom stereocenters. The third kappa shape index (κ3) is 3.92. The van der Waals surface area contributed by atoms with E-state index < -0.39 is 0 Å². The predicted octanol–water partition coefficient (Wildman–Crippen LogP) is 2.11. The summed E-state index contributed by atoms with van der Waals surface area (Å²) in [5.41, 5.74) is 3.74.